The van der Waals surface area contributed by atoms with Crippen LogP contribution < -0.4 is 5.73 Å². The van der Waals surface area contributed by atoms with Crippen LogP contribution in [-0.2, 0) is 40.0 Å². The zero-order valence-corrected chi connectivity index (χ0v) is 35.4. The second-order valence-corrected chi connectivity index (χ2v) is 17.0. The van der Waals surface area contributed by atoms with Crippen molar-refractivity contribution in [2.45, 2.75) is 146 Å². The van der Waals surface area contributed by atoms with Gasteiger partial charge in [-0.15, -0.1) is 0 Å². The number of fused-ring (bicyclic) bond motifs is 1. The van der Waals surface area contributed by atoms with Crippen molar-refractivity contribution in [3.8, 4) is 6.07 Å². The number of hydrogen-bond acceptors (Lipinski definition) is 12. The molecule has 5 N–H and O–H groups in total. The molecule has 2 aromatic heterocycles. The van der Waals surface area contributed by atoms with E-state index in [9.17, 15) is 24.9 Å². The minimum atomic E-state index is -4.77. The Kier molecular flexibility index (Phi) is 20.4. The quantitative estimate of drug-likeness (QED) is 0.0383. The van der Waals surface area contributed by atoms with E-state index in [0.29, 0.717) is 27.7 Å². The number of benzene rings is 1. The largest absolute Gasteiger partial charge is 0.472 e. The summed E-state index contributed by atoms with van der Waals surface area (Å²) in [4.78, 5) is 14.5. The Hall–Kier alpha value is -2.38. The number of aliphatic hydroxyl groups is 2. The van der Waals surface area contributed by atoms with Gasteiger partial charge < -0.3 is 35.1 Å². The van der Waals surface area contributed by atoms with Crippen LogP contribution in [-0.4, -0.2) is 80.5 Å². The molecule has 17 heteroatoms. The summed E-state index contributed by atoms with van der Waals surface area (Å²) in [5.41, 5.74) is 4.89. The number of rotatable bonds is 29. The average molecular weight is 857 g/mol. The molecule has 0 saturated carbocycles. The maximum Gasteiger partial charge on any atom is 0.472 e. The van der Waals surface area contributed by atoms with E-state index < -0.39 is 44.4 Å². The molecule has 1 aliphatic rings. The Bertz CT molecular complexity index is 1730. The Morgan fingerprint density at radius 2 is 1.58 bits per heavy atom. The summed E-state index contributed by atoms with van der Waals surface area (Å²) in [5, 5.41) is 36.9. The molecule has 1 saturated heterocycles. The topological polar surface area (TPSA) is 204 Å². The van der Waals surface area contributed by atoms with Crippen LogP contribution in [0.1, 0.15) is 121 Å². The minimum absolute atomic E-state index is 0.0598. The van der Waals surface area contributed by atoms with Gasteiger partial charge in [0.05, 0.1) is 32.1 Å². The molecule has 1 aliphatic heterocycles. The van der Waals surface area contributed by atoms with E-state index in [4.69, 9.17) is 52.2 Å². The molecule has 1 fully saturated rings. The molecular weight excluding hydrogens is 796 g/mol. The Morgan fingerprint density at radius 1 is 0.947 bits per heavy atom. The molecule has 14 nitrogen and oxygen atoms in total. The van der Waals surface area contributed by atoms with Gasteiger partial charge in [-0.05, 0) is 36.2 Å². The van der Waals surface area contributed by atoms with Gasteiger partial charge in [0.1, 0.15) is 42.3 Å². The number of nitrogen functional groups attached to an aromatic ring is 1. The summed E-state index contributed by atoms with van der Waals surface area (Å²) in [6, 6.07) is 9.91. The first-order chi connectivity index (χ1) is 27.5. The highest BCUT2D eigenvalue weighted by Gasteiger charge is 2.58. The van der Waals surface area contributed by atoms with Crippen molar-refractivity contribution in [2.24, 2.45) is 0 Å². The summed E-state index contributed by atoms with van der Waals surface area (Å²) < 4.78 is 42.5. The molecule has 3 heterocycles. The molecule has 0 amide bonds. The smallest absolute Gasteiger partial charge is 0.387 e. The molecule has 3 aromatic rings. The number of phosphoric ester groups is 1. The summed E-state index contributed by atoms with van der Waals surface area (Å²) in [6.45, 7) is 1.80. The third kappa shape index (κ3) is 14.7. The number of unbranched alkanes of at least 4 members (excludes halogenated alkanes) is 15. The van der Waals surface area contributed by atoms with E-state index in [1.807, 2.05) is 6.07 Å². The van der Waals surface area contributed by atoms with Crippen molar-refractivity contribution in [1.82, 2.24) is 14.6 Å². The van der Waals surface area contributed by atoms with Gasteiger partial charge in [-0.2, -0.15) is 10.4 Å². The third-order valence-electron chi connectivity index (χ3n) is 10.2. The molecular formula is C40H60Cl2N5O9P. The van der Waals surface area contributed by atoms with E-state index in [2.05, 4.69) is 17.0 Å². The second-order valence-electron chi connectivity index (χ2n) is 14.7. The van der Waals surface area contributed by atoms with E-state index in [1.165, 1.54) is 106 Å². The number of aliphatic hydroxyl groups excluding tert-OH is 2. The van der Waals surface area contributed by atoms with E-state index in [1.54, 1.807) is 18.2 Å². The number of hydrogen-bond donors (Lipinski definition) is 4. The maximum atomic E-state index is 13.0. The lowest BCUT2D eigenvalue weighted by Gasteiger charge is -2.24. The van der Waals surface area contributed by atoms with Gasteiger partial charge in [-0.25, -0.2) is 14.1 Å². The third-order valence-corrected chi connectivity index (χ3v) is 11.8. The highest BCUT2D eigenvalue weighted by molar-refractivity contribution is 7.47. The highest BCUT2D eigenvalue weighted by Crippen LogP contribution is 2.46. The van der Waals surface area contributed by atoms with Gasteiger partial charge in [0.25, 0.3) is 0 Å². The lowest BCUT2D eigenvalue weighted by atomic mass is 9.92. The van der Waals surface area contributed by atoms with Crippen LogP contribution in [0.15, 0.2) is 36.7 Å². The summed E-state index contributed by atoms with van der Waals surface area (Å²) in [6.07, 6.45) is 15.9. The van der Waals surface area contributed by atoms with Crippen molar-refractivity contribution in [1.29, 1.82) is 5.26 Å². The lowest BCUT2D eigenvalue weighted by molar-refractivity contribution is -0.0690. The number of nitrogens with two attached hydrogens (primary N) is 1. The first-order valence-electron chi connectivity index (χ1n) is 20.3. The van der Waals surface area contributed by atoms with Gasteiger partial charge in [0.15, 0.2) is 5.82 Å². The molecule has 57 heavy (non-hydrogen) atoms. The predicted octanol–water partition coefficient (Wildman–Crippen LogP) is 8.45. The van der Waals surface area contributed by atoms with Crippen LogP contribution in [0.25, 0.3) is 5.52 Å². The van der Waals surface area contributed by atoms with E-state index >= 15 is 0 Å². The predicted molar refractivity (Wildman–Crippen MR) is 219 cm³/mol. The molecule has 6 atom stereocenters. The van der Waals surface area contributed by atoms with Crippen LogP contribution in [0.3, 0.4) is 0 Å². The van der Waals surface area contributed by atoms with Gasteiger partial charge in [0, 0.05) is 16.7 Å². The number of nitriles is 1. The first kappa shape index (κ1) is 47.3. The SMILES string of the molecule is CCCCCCCCCCCCCCCCCCOC[C@H](COP(=O)(O)OC[C@H]1O[C@@](C#N)(c2ccc3c(N)ncnn23)[C@H](O)[C@@H]1O)OCc1ccc(Cl)cc1Cl. The monoisotopic (exact) mass is 855 g/mol. The molecule has 0 aliphatic carbocycles. The fourth-order valence-electron chi connectivity index (χ4n) is 6.89. The van der Waals surface area contributed by atoms with Crippen molar-refractivity contribution in [3.05, 3.63) is 58.0 Å². The highest BCUT2D eigenvalue weighted by atomic mass is 35.5. The number of aromatic nitrogens is 3. The van der Waals surface area contributed by atoms with Crippen molar-refractivity contribution in [3.63, 3.8) is 0 Å². The number of nitrogens with zero attached hydrogens (tertiary/aromatic N) is 4. The standard InChI is InChI=1S/C40H60Cl2N5O9P/c1-2-3-4-5-6-7-8-9-10-11-12-13-14-15-16-17-22-52-25-32(53-24-30-18-19-31(41)23-33(30)42)26-54-57(50,51)55-27-35-37(48)38(49)40(28-43,56-35)36-21-20-34-39(44)45-29-46-47(34)36/h18-21,23,29,32,35,37-38,48-49H,2-17,22,24-27H2,1H3,(H,50,51)(H2,44,45,46)/t32-,35-,37-,38-,40+/m1/s1. The zero-order valence-electron chi connectivity index (χ0n) is 33.0. The van der Waals surface area contributed by atoms with Gasteiger partial charge in [-0.1, -0.05) is 133 Å². The minimum Gasteiger partial charge on any atom is -0.387 e. The average Bonchev–Trinajstić information content (AvgIpc) is 3.74. The Balaban J connectivity index is 1.18. The van der Waals surface area contributed by atoms with Crippen LogP contribution in [0.4, 0.5) is 5.82 Å². The van der Waals surface area contributed by atoms with Crippen molar-refractivity contribution >= 4 is 42.4 Å². The fourth-order valence-corrected chi connectivity index (χ4v) is 8.12. The van der Waals surface area contributed by atoms with E-state index in [0.717, 1.165) is 19.3 Å². The molecule has 0 radical (unpaired) electrons. The molecule has 0 spiro atoms. The molecule has 4 rings (SSSR count). The zero-order chi connectivity index (χ0) is 41.1. The van der Waals surface area contributed by atoms with Crippen LogP contribution in [0.2, 0.25) is 10.0 Å². The Morgan fingerprint density at radius 3 is 2.19 bits per heavy atom. The Labute approximate surface area is 346 Å². The molecule has 1 aromatic carbocycles. The first-order valence-corrected chi connectivity index (χ1v) is 22.6. The number of phosphoric acid groups is 1. The second kappa shape index (κ2) is 24.6. The number of ether oxygens (including phenoxy) is 3. The number of halogens is 2. The van der Waals surface area contributed by atoms with Crippen LogP contribution in [0.5, 0.6) is 0 Å². The van der Waals surface area contributed by atoms with E-state index in [-0.39, 0.29) is 31.3 Å². The van der Waals surface area contributed by atoms with Crippen LogP contribution in [0, 0.1) is 11.3 Å². The normalized spacial score (nSPS) is 21.2. The van der Waals surface area contributed by atoms with Gasteiger partial charge in [0.2, 0.25) is 5.60 Å². The molecule has 1 unspecified atom stereocenters. The maximum absolute atomic E-state index is 13.0. The molecule has 0 bridgehead atoms. The summed E-state index contributed by atoms with van der Waals surface area (Å²) in [5.74, 6) is 0.125. The van der Waals surface area contributed by atoms with Crippen molar-refractivity contribution < 1.29 is 42.9 Å². The molecule has 318 valence electrons. The number of anilines is 1. The summed E-state index contributed by atoms with van der Waals surface area (Å²) in [7, 11) is -4.77. The van der Waals surface area contributed by atoms with Crippen molar-refractivity contribution in [2.75, 3.05) is 32.2 Å². The summed E-state index contributed by atoms with van der Waals surface area (Å²) >= 11 is 12.4. The lowest BCUT2D eigenvalue weighted by Crippen LogP contribution is -2.41. The van der Waals surface area contributed by atoms with Gasteiger partial charge >= 0.3 is 7.82 Å². The van der Waals surface area contributed by atoms with Crippen LogP contribution >= 0.6 is 31.0 Å². The fraction of sp³-hybridized carbons (Fsp3) is 0.675. The van der Waals surface area contributed by atoms with Gasteiger partial charge in [-0.3, -0.25) is 9.05 Å².